The summed E-state index contributed by atoms with van der Waals surface area (Å²) in [4.78, 5) is 0. The molecule has 1 fully saturated rings. The highest BCUT2D eigenvalue weighted by Crippen LogP contribution is 2.28. The molecular weight excluding hydrogens is 301 g/mol. The Morgan fingerprint density at radius 3 is 3.00 bits per heavy atom. The van der Waals surface area contributed by atoms with Crippen LogP contribution in [0, 0.1) is 9.49 Å². The van der Waals surface area contributed by atoms with Gasteiger partial charge in [0.15, 0.2) is 0 Å². The third-order valence-corrected chi connectivity index (χ3v) is 3.80. The van der Waals surface area contributed by atoms with Crippen molar-refractivity contribution in [3.8, 4) is 0 Å². The summed E-state index contributed by atoms with van der Waals surface area (Å²) in [5, 5.41) is 8.40. The Bertz CT molecular complexity index is 488. The largest absolute Gasteiger partial charge is 0.244 e. The first-order chi connectivity index (χ1) is 7.33. The molecule has 0 atom stereocenters. The summed E-state index contributed by atoms with van der Waals surface area (Å²) in [5.74, 6) is 0.827. The van der Waals surface area contributed by atoms with E-state index < -0.39 is 0 Å². The molecule has 1 aliphatic carbocycles. The first-order valence-corrected chi connectivity index (χ1v) is 6.39. The van der Waals surface area contributed by atoms with Crippen molar-refractivity contribution in [1.29, 1.82) is 0 Å². The van der Waals surface area contributed by atoms with Crippen molar-refractivity contribution in [1.82, 2.24) is 15.0 Å². The lowest BCUT2D eigenvalue weighted by atomic mass is 9.85. The summed E-state index contributed by atoms with van der Waals surface area (Å²) in [6.45, 7) is 1.04. The van der Waals surface area contributed by atoms with Gasteiger partial charge in [0.05, 0.1) is 5.52 Å². The van der Waals surface area contributed by atoms with Gasteiger partial charge in [-0.1, -0.05) is 11.6 Å². The Kier molecular flexibility index (Phi) is 2.38. The number of hydrogen-bond donors (Lipinski definition) is 0. The van der Waals surface area contributed by atoms with E-state index in [0.717, 1.165) is 18.0 Å². The van der Waals surface area contributed by atoms with E-state index in [-0.39, 0.29) is 0 Å². The molecule has 4 heteroatoms. The van der Waals surface area contributed by atoms with Gasteiger partial charge in [-0.3, -0.25) is 0 Å². The fourth-order valence-corrected chi connectivity index (χ4v) is 2.47. The van der Waals surface area contributed by atoms with Crippen LogP contribution >= 0.6 is 22.6 Å². The van der Waals surface area contributed by atoms with E-state index in [4.69, 9.17) is 0 Å². The SMILES string of the molecule is Ic1ccc2nnn(CC3CCC3)c2c1. The van der Waals surface area contributed by atoms with Gasteiger partial charge in [-0.25, -0.2) is 4.68 Å². The molecule has 15 heavy (non-hydrogen) atoms. The molecule has 0 spiro atoms. The topological polar surface area (TPSA) is 30.7 Å². The molecule has 1 heterocycles. The van der Waals surface area contributed by atoms with E-state index >= 15 is 0 Å². The van der Waals surface area contributed by atoms with Gasteiger partial charge in [-0.2, -0.15) is 0 Å². The molecule has 78 valence electrons. The van der Waals surface area contributed by atoms with Crippen molar-refractivity contribution in [2.75, 3.05) is 0 Å². The fourth-order valence-electron chi connectivity index (χ4n) is 1.99. The molecule has 0 saturated heterocycles. The van der Waals surface area contributed by atoms with E-state index in [2.05, 4.69) is 49.7 Å². The zero-order chi connectivity index (χ0) is 10.3. The molecule has 2 aromatic rings. The smallest absolute Gasteiger partial charge is 0.113 e. The predicted molar refractivity (Wildman–Crippen MR) is 67.6 cm³/mol. The van der Waals surface area contributed by atoms with Crippen molar-refractivity contribution in [2.24, 2.45) is 5.92 Å². The minimum atomic E-state index is 0.827. The second kappa shape index (κ2) is 3.73. The number of rotatable bonds is 2. The van der Waals surface area contributed by atoms with Crippen LogP contribution in [-0.2, 0) is 6.54 Å². The summed E-state index contributed by atoms with van der Waals surface area (Å²) >= 11 is 2.33. The molecule has 1 aromatic carbocycles. The summed E-state index contributed by atoms with van der Waals surface area (Å²) in [5.41, 5.74) is 2.18. The summed E-state index contributed by atoms with van der Waals surface area (Å²) in [6.07, 6.45) is 4.09. The van der Waals surface area contributed by atoms with E-state index in [9.17, 15) is 0 Å². The van der Waals surface area contributed by atoms with Crippen LogP contribution in [0.1, 0.15) is 19.3 Å². The van der Waals surface area contributed by atoms with Crippen LogP contribution in [0.25, 0.3) is 11.0 Å². The van der Waals surface area contributed by atoms with Gasteiger partial charge in [0, 0.05) is 10.1 Å². The summed E-state index contributed by atoms with van der Waals surface area (Å²) in [6, 6.07) is 6.28. The third-order valence-electron chi connectivity index (χ3n) is 3.13. The molecule has 0 N–H and O–H groups in total. The standard InChI is InChI=1S/C11H12IN3/c12-9-4-5-10-11(6-9)15(14-13-10)7-8-2-1-3-8/h4-6,8H,1-3,7H2. The van der Waals surface area contributed by atoms with Crippen LogP contribution < -0.4 is 0 Å². The van der Waals surface area contributed by atoms with Crippen molar-refractivity contribution in [3.63, 3.8) is 0 Å². The molecule has 3 rings (SSSR count). The fraction of sp³-hybridized carbons (Fsp3) is 0.455. The lowest BCUT2D eigenvalue weighted by Gasteiger charge is -2.24. The highest BCUT2D eigenvalue weighted by molar-refractivity contribution is 14.1. The number of aromatic nitrogens is 3. The lowest BCUT2D eigenvalue weighted by Crippen LogP contribution is -2.18. The average Bonchev–Trinajstić information content (AvgIpc) is 2.54. The van der Waals surface area contributed by atoms with Gasteiger partial charge in [0.25, 0.3) is 0 Å². The Morgan fingerprint density at radius 1 is 1.40 bits per heavy atom. The molecule has 0 radical (unpaired) electrons. The van der Waals surface area contributed by atoms with Crippen LogP contribution in [0.4, 0.5) is 0 Å². The first kappa shape index (κ1) is 9.57. The summed E-state index contributed by atoms with van der Waals surface area (Å²) < 4.78 is 3.30. The van der Waals surface area contributed by atoms with E-state index in [1.807, 2.05) is 6.07 Å². The van der Waals surface area contributed by atoms with Crippen molar-refractivity contribution >= 4 is 33.6 Å². The van der Waals surface area contributed by atoms with Gasteiger partial charge < -0.3 is 0 Å². The zero-order valence-corrected chi connectivity index (χ0v) is 10.5. The van der Waals surface area contributed by atoms with E-state index in [1.165, 1.54) is 28.3 Å². The number of fused-ring (bicyclic) bond motifs is 1. The summed E-state index contributed by atoms with van der Waals surface area (Å²) in [7, 11) is 0. The first-order valence-electron chi connectivity index (χ1n) is 5.32. The Balaban J connectivity index is 1.98. The number of halogens is 1. The van der Waals surface area contributed by atoms with Gasteiger partial charge in [0.2, 0.25) is 0 Å². The molecule has 1 saturated carbocycles. The van der Waals surface area contributed by atoms with Gasteiger partial charge in [-0.15, -0.1) is 5.10 Å². The van der Waals surface area contributed by atoms with Crippen molar-refractivity contribution in [2.45, 2.75) is 25.8 Å². The lowest BCUT2D eigenvalue weighted by molar-refractivity contribution is 0.268. The molecule has 1 aromatic heterocycles. The van der Waals surface area contributed by atoms with Crippen LogP contribution in [0.2, 0.25) is 0 Å². The minimum Gasteiger partial charge on any atom is -0.244 e. The Labute approximate surface area is 102 Å². The van der Waals surface area contributed by atoms with E-state index in [1.54, 1.807) is 0 Å². The molecule has 0 bridgehead atoms. The molecule has 3 nitrogen and oxygen atoms in total. The second-order valence-corrected chi connectivity index (χ2v) is 5.45. The van der Waals surface area contributed by atoms with Crippen LogP contribution in [0.5, 0.6) is 0 Å². The van der Waals surface area contributed by atoms with Crippen molar-refractivity contribution < 1.29 is 0 Å². The maximum atomic E-state index is 4.22. The minimum absolute atomic E-state index is 0.827. The highest BCUT2D eigenvalue weighted by atomic mass is 127. The van der Waals surface area contributed by atoms with Crippen molar-refractivity contribution in [3.05, 3.63) is 21.8 Å². The predicted octanol–water partition coefficient (Wildman–Crippen LogP) is 2.84. The van der Waals surface area contributed by atoms with Crippen LogP contribution in [-0.4, -0.2) is 15.0 Å². The number of hydrogen-bond acceptors (Lipinski definition) is 2. The van der Waals surface area contributed by atoms with Gasteiger partial charge >= 0.3 is 0 Å². The molecular formula is C11H12IN3. The van der Waals surface area contributed by atoms with Crippen LogP contribution in [0.3, 0.4) is 0 Å². The van der Waals surface area contributed by atoms with Crippen LogP contribution in [0.15, 0.2) is 18.2 Å². The third kappa shape index (κ3) is 1.75. The monoisotopic (exact) mass is 313 g/mol. The van der Waals surface area contributed by atoms with Gasteiger partial charge in [0.1, 0.15) is 5.52 Å². The second-order valence-electron chi connectivity index (χ2n) is 4.20. The Morgan fingerprint density at radius 2 is 2.27 bits per heavy atom. The molecule has 0 aliphatic heterocycles. The van der Waals surface area contributed by atoms with Gasteiger partial charge in [-0.05, 0) is 59.5 Å². The zero-order valence-electron chi connectivity index (χ0n) is 8.36. The molecule has 1 aliphatic rings. The average molecular weight is 313 g/mol. The molecule has 0 unspecified atom stereocenters. The number of benzene rings is 1. The van der Waals surface area contributed by atoms with E-state index in [0.29, 0.717) is 0 Å². The highest BCUT2D eigenvalue weighted by Gasteiger charge is 2.19. The maximum Gasteiger partial charge on any atom is 0.113 e. The number of nitrogens with zero attached hydrogens (tertiary/aromatic N) is 3. The normalized spacial score (nSPS) is 16.9. The Hall–Kier alpha value is -0.650. The maximum absolute atomic E-state index is 4.22. The quantitative estimate of drug-likeness (QED) is 0.798. The molecule has 0 amide bonds.